The third-order valence-corrected chi connectivity index (χ3v) is 2.64. The SMILES string of the molecule is CC(CCC(OOC(C)(C)C)C1(C)OO1)OOC(C)(C)C. The molecule has 0 amide bonds. The van der Waals surface area contributed by atoms with Crippen LogP contribution in [0.25, 0.3) is 0 Å². The molecule has 2 atom stereocenters. The zero-order valence-electron chi connectivity index (χ0n) is 14.5. The van der Waals surface area contributed by atoms with Gasteiger partial charge in [0, 0.05) is 0 Å². The molecule has 0 radical (unpaired) electrons. The number of hydrogen-bond acceptors (Lipinski definition) is 6. The van der Waals surface area contributed by atoms with Crippen LogP contribution in [0.3, 0.4) is 0 Å². The average molecular weight is 306 g/mol. The second-order valence-corrected chi connectivity index (χ2v) is 7.64. The molecular weight excluding hydrogens is 276 g/mol. The summed E-state index contributed by atoms with van der Waals surface area (Å²) in [6.07, 6.45) is 1.02. The van der Waals surface area contributed by atoms with Crippen LogP contribution in [0.4, 0.5) is 0 Å². The Morgan fingerprint density at radius 1 is 0.857 bits per heavy atom. The summed E-state index contributed by atoms with van der Waals surface area (Å²) in [5.41, 5.74) is -0.713. The number of hydrogen-bond donors (Lipinski definition) is 0. The van der Waals surface area contributed by atoms with E-state index in [4.69, 9.17) is 29.3 Å². The summed E-state index contributed by atoms with van der Waals surface area (Å²) in [7, 11) is 0. The molecular formula is C15H30O6. The molecule has 1 rings (SSSR count). The second kappa shape index (κ2) is 6.89. The molecule has 0 aliphatic carbocycles. The van der Waals surface area contributed by atoms with E-state index in [2.05, 4.69) is 0 Å². The highest BCUT2D eigenvalue weighted by Crippen LogP contribution is 2.37. The maximum absolute atomic E-state index is 5.48. The predicted molar refractivity (Wildman–Crippen MR) is 76.9 cm³/mol. The molecule has 0 N–H and O–H groups in total. The Morgan fingerprint density at radius 3 is 1.76 bits per heavy atom. The minimum absolute atomic E-state index is 0.0627. The molecule has 0 bridgehead atoms. The van der Waals surface area contributed by atoms with Gasteiger partial charge in [-0.2, -0.15) is 9.78 Å². The van der Waals surface area contributed by atoms with Crippen LogP contribution in [0.1, 0.15) is 68.2 Å². The smallest absolute Gasteiger partial charge is 0.233 e. The molecule has 2 unspecified atom stereocenters. The Morgan fingerprint density at radius 2 is 1.33 bits per heavy atom. The fourth-order valence-corrected chi connectivity index (χ4v) is 1.43. The van der Waals surface area contributed by atoms with Gasteiger partial charge in [-0.25, -0.2) is 19.6 Å². The summed E-state index contributed by atoms with van der Waals surface area (Å²) in [6.45, 7) is 15.4. The van der Waals surface area contributed by atoms with E-state index in [1.54, 1.807) is 0 Å². The van der Waals surface area contributed by atoms with Crippen LogP contribution in [0, 0.1) is 0 Å². The van der Waals surface area contributed by atoms with Gasteiger partial charge in [-0.3, -0.25) is 0 Å². The summed E-state index contributed by atoms with van der Waals surface area (Å²) >= 11 is 0. The van der Waals surface area contributed by atoms with Gasteiger partial charge in [0.05, 0.1) is 17.3 Å². The fraction of sp³-hybridized carbons (Fsp3) is 1.00. The Kier molecular flexibility index (Phi) is 6.17. The van der Waals surface area contributed by atoms with Gasteiger partial charge >= 0.3 is 0 Å². The highest BCUT2D eigenvalue weighted by atomic mass is 17.4. The van der Waals surface area contributed by atoms with Crippen LogP contribution in [0.5, 0.6) is 0 Å². The van der Waals surface area contributed by atoms with Crippen molar-refractivity contribution >= 4 is 0 Å². The molecule has 0 aromatic carbocycles. The van der Waals surface area contributed by atoms with E-state index in [1.807, 2.05) is 55.4 Å². The van der Waals surface area contributed by atoms with Crippen molar-refractivity contribution in [2.45, 2.75) is 97.4 Å². The first-order valence-electron chi connectivity index (χ1n) is 7.47. The van der Waals surface area contributed by atoms with Gasteiger partial charge in [0.1, 0.15) is 0 Å². The fourth-order valence-electron chi connectivity index (χ4n) is 1.43. The third-order valence-electron chi connectivity index (χ3n) is 2.64. The van der Waals surface area contributed by atoms with Gasteiger partial charge in [0.25, 0.3) is 5.79 Å². The minimum Gasteiger partial charge on any atom is -0.233 e. The van der Waals surface area contributed by atoms with Gasteiger partial charge < -0.3 is 0 Å². The van der Waals surface area contributed by atoms with Crippen molar-refractivity contribution in [2.24, 2.45) is 0 Å². The van der Waals surface area contributed by atoms with E-state index in [0.29, 0.717) is 6.42 Å². The van der Waals surface area contributed by atoms with Crippen LogP contribution in [0.15, 0.2) is 0 Å². The van der Waals surface area contributed by atoms with Crippen molar-refractivity contribution in [3.05, 3.63) is 0 Å². The maximum atomic E-state index is 5.48. The van der Waals surface area contributed by atoms with Gasteiger partial charge in [0.15, 0.2) is 6.10 Å². The van der Waals surface area contributed by atoms with Crippen molar-refractivity contribution in [2.75, 3.05) is 0 Å². The quantitative estimate of drug-likeness (QED) is 0.387. The van der Waals surface area contributed by atoms with Gasteiger partial charge in [-0.1, -0.05) is 0 Å². The van der Waals surface area contributed by atoms with E-state index < -0.39 is 5.79 Å². The average Bonchev–Trinajstić information content (AvgIpc) is 3.03. The summed E-state index contributed by atoms with van der Waals surface area (Å²) in [5.74, 6) is -0.740. The van der Waals surface area contributed by atoms with Crippen molar-refractivity contribution < 1.29 is 29.3 Å². The lowest BCUT2D eigenvalue weighted by Gasteiger charge is -2.25. The van der Waals surface area contributed by atoms with E-state index in [0.717, 1.165) is 6.42 Å². The highest BCUT2D eigenvalue weighted by Gasteiger charge is 2.53. The molecule has 0 aromatic heterocycles. The molecule has 0 spiro atoms. The first kappa shape index (κ1) is 18.8. The van der Waals surface area contributed by atoms with Crippen LogP contribution in [0.2, 0.25) is 0 Å². The molecule has 21 heavy (non-hydrogen) atoms. The summed E-state index contributed by atoms with van der Waals surface area (Å²) in [5, 5.41) is 0. The molecule has 0 aromatic rings. The lowest BCUT2D eigenvalue weighted by atomic mass is 10.1. The van der Waals surface area contributed by atoms with Crippen molar-refractivity contribution in [1.82, 2.24) is 0 Å². The second-order valence-electron chi connectivity index (χ2n) is 7.64. The van der Waals surface area contributed by atoms with Gasteiger partial charge in [0.2, 0.25) is 0 Å². The normalized spacial score (nSPS) is 21.1. The van der Waals surface area contributed by atoms with Crippen LogP contribution < -0.4 is 0 Å². The lowest BCUT2D eigenvalue weighted by Crippen LogP contribution is -2.34. The number of rotatable bonds is 8. The molecule has 1 heterocycles. The minimum atomic E-state index is -0.740. The summed E-state index contributed by atoms with van der Waals surface area (Å²) in [4.78, 5) is 31.5. The molecule has 6 heteroatoms. The van der Waals surface area contributed by atoms with Crippen molar-refractivity contribution in [1.29, 1.82) is 0 Å². The summed E-state index contributed by atoms with van der Waals surface area (Å²) in [6, 6.07) is 0. The Labute approximate surface area is 127 Å². The monoisotopic (exact) mass is 306 g/mol. The Balaban J connectivity index is 2.36. The van der Waals surface area contributed by atoms with E-state index in [1.165, 1.54) is 0 Å². The van der Waals surface area contributed by atoms with E-state index >= 15 is 0 Å². The van der Waals surface area contributed by atoms with Crippen LogP contribution in [-0.2, 0) is 29.3 Å². The largest absolute Gasteiger partial charge is 0.260 e. The van der Waals surface area contributed by atoms with Crippen LogP contribution >= 0.6 is 0 Å². The first-order valence-corrected chi connectivity index (χ1v) is 7.47. The zero-order chi connectivity index (χ0) is 16.3. The Bertz CT molecular complexity index is 313. The zero-order valence-corrected chi connectivity index (χ0v) is 14.5. The standard InChI is InChI=1S/C15H30O6/c1-11(16-18-13(2,3)4)9-10-12(15(8)20-21-15)17-19-14(5,6)7/h11-12H,9-10H2,1-8H3. The Hall–Kier alpha value is -0.240. The maximum Gasteiger partial charge on any atom is 0.260 e. The van der Waals surface area contributed by atoms with Crippen molar-refractivity contribution in [3.63, 3.8) is 0 Å². The molecule has 0 saturated carbocycles. The molecule has 1 aliphatic heterocycles. The lowest BCUT2D eigenvalue weighted by molar-refractivity contribution is -0.388. The molecule has 1 aliphatic rings. The summed E-state index contributed by atoms with van der Waals surface area (Å²) < 4.78 is 0. The predicted octanol–water partition coefficient (Wildman–Crippen LogP) is 3.70. The molecule has 6 nitrogen and oxygen atoms in total. The van der Waals surface area contributed by atoms with Gasteiger partial charge in [-0.05, 0) is 68.2 Å². The van der Waals surface area contributed by atoms with E-state index in [-0.39, 0.29) is 23.4 Å². The van der Waals surface area contributed by atoms with Crippen LogP contribution in [-0.4, -0.2) is 29.2 Å². The van der Waals surface area contributed by atoms with E-state index in [9.17, 15) is 0 Å². The van der Waals surface area contributed by atoms with Crippen molar-refractivity contribution in [3.8, 4) is 0 Å². The topological polar surface area (TPSA) is 62.0 Å². The first-order chi connectivity index (χ1) is 9.41. The van der Waals surface area contributed by atoms with Gasteiger partial charge in [-0.15, -0.1) is 0 Å². The third kappa shape index (κ3) is 8.09. The molecule has 126 valence electrons. The molecule has 1 fully saturated rings. The highest BCUT2D eigenvalue weighted by molar-refractivity contribution is 4.79. The molecule has 1 saturated heterocycles.